The van der Waals surface area contributed by atoms with Gasteiger partial charge in [-0.15, -0.1) is 29.3 Å². The molecule has 72 heavy (non-hydrogen) atoms. The third kappa shape index (κ3) is 8.22. The van der Waals surface area contributed by atoms with E-state index < -0.39 is 0 Å². The van der Waals surface area contributed by atoms with E-state index in [1.165, 1.54) is 16.3 Å². The summed E-state index contributed by atoms with van der Waals surface area (Å²) in [6.45, 7) is 26.7. The Bertz CT molecular complexity index is 3930. The summed E-state index contributed by atoms with van der Waals surface area (Å²) in [6, 6.07) is 55.9. The van der Waals surface area contributed by atoms with E-state index in [0.717, 1.165) is 94.5 Å². The Morgan fingerprint density at radius 3 is 1.78 bits per heavy atom. The van der Waals surface area contributed by atoms with Crippen LogP contribution in [0.5, 0.6) is 5.75 Å². The van der Waals surface area contributed by atoms with E-state index in [-0.39, 0.29) is 48.5 Å². The predicted octanol–water partition coefficient (Wildman–Crippen LogP) is 16.9. The summed E-state index contributed by atoms with van der Waals surface area (Å²) in [4.78, 5) is 16.3. The van der Waals surface area contributed by atoms with Crippen molar-refractivity contribution in [2.75, 3.05) is 0 Å². The van der Waals surface area contributed by atoms with Gasteiger partial charge in [0.15, 0.2) is 0 Å². The van der Waals surface area contributed by atoms with Gasteiger partial charge < -0.3 is 5.11 Å². The molecule has 0 aliphatic rings. The van der Waals surface area contributed by atoms with Gasteiger partial charge in [-0.3, -0.25) is 14.0 Å². The predicted molar refractivity (Wildman–Crippen MR) is 297 cm³/mol. The molecular weight excluding hydrogens is 1060 g/mol. The minimum atomic E-state index is -0.345. The van der Waals surface area contributed by atoms with Crippen LogP contribution < -0.4 is 0 Å². The summed E-state index contributed by atoms with van der Waals surface area (Å²) in [5.41, 5.74) is 16.4. The molecule has 7 heteroatoms. The maximum Gasteiger partial charge on any atom is 0.148 e. The van der Waals surface area contributed by atoms with Crippen LogP contribution in [-0.4, -0.2) is 29.0 Å². The molecule has 0 aliphatic carbocycles. The average molecular weight is 1120 g/mol. The van der Waals surface area contributed by atoms with Crippen molar-refractivity contribution in [3.8, 4) is 56.3 Å². The Kier molecular flexibility index (Phi) is 11.8. The number of aromatic hydroxyl groups is 1. The van der Waals surface area contributed by atoms with E-state index >= 15 is 0 Å². The van der Waals surface area contributed by atoms with E-state index in [4.69, 9.17) is 15.0 Å². The minimum Gasteiger partial charge on any atom is -0.507 e. The fourth-order valence-corrected chi connectivity index (χ4v) is 10.3. The second-order valence-electron chi connectivity index (χ2n) is 23.5. The molecule has 4 heterocycles. The number of benzene rings is 7. The maximum atomic E-state index is 12.7. The summed E-state index contributed by atoms with van der Waals surface area (Å²) in [7, 11) is 0. The van der Waals surface area contributed by atoms with Gasteiger partial charge in [0.05, 0.1) is 38.8 Å². The van der Waals surface area contributed by atoms with Crippen molar-refractivity contribution in [3.63, 3.8) is 0 Å². The van der Waals surface area contributed by atoms with E-state index in [2.05, 4.69) is 244 Å². The Morgan fingerprint density at radius 1 is 0.472 bits per heavy atom. The summed E-state index contributed by atoms with van der Waals surface area (Å²) in [5, 5.41) is 16.1. The first-order chi connectivity index (χ1) is 33.7. The fraction of sp³-hybridized carbons (Fsp3) is 0.246. The van der Waals surface area contributed by atoms with Crippen LogP contribution in [0.3, 0.4) is 0 Å². The monoisotopic (exact) mass is 1120 g/mol. The summed E-state index contributed by atoms with van der Waals surface area (Å²) in [6.07, 6.45) is 1.90. The first-order valence-electron chi connectivity index (χ1n) is 24.9. The smallest absolute Gasteiger partial charge is 0.148 e. The van der Waals surface area contributed by atoms with Gasteiger partial charge in [-0.05, 0) is 80.1 Å². The number of phenols is 1. The molecule has 7 aromatic carbocycles. The van der Waals surface area contributed by atoms with Crippen LogP contribution in [0.25, 0.3) is 100.0 Å². The normalized spacial score (nSPS) is 12.7. The SMILES string of the molecule is CC(C)(C)c1cc(-c2cccc3c2nc(-c2cc(C(C)(C)C)cc(C(C)(C)C)c2O)n3-c2ccc(C(C)(C)C)cc2-c2ccccc2)[c-]c(-c2nccc3c2nc2c4ccccc4c4ccccc4n32)c1.[Pt]. The molecule has 0 amide bonds. The number of aromatic nitrogens is 5. The van der Waals surface area contributed by atoms with Gasteiger partial charge in [0.1, 0.15) is 17.2 Å². The molecule has 0 fully saturated rings. The molecule has 11 rings (SSSR count). The van der Waals surface area contributed by atoms with Gasteiger partial charge in [0.25, 0.3) is 0 Å². The zero-order chi connectivity index (χ0) is 49.9. The largest absolute Gasteiger partial charge is 0.507 e. The van der Waals surface area contributed by atoms with Gasteiger partial charge in [0, 0.05) is 54.9 Å². The molecular formula is C65H62N5OPt-. The molecule has 0 saturated heterocycles. The quantitative estimate of drug-likeness (QED) is 0.138. The number of hydrogen-bond acceptors (Lipinski definition) is 4. The fourth-order valence-electron chi connectivity index (χ4n) is 10.3. The van der Waals surface area contributed by atoms with Crippen LogP contribution in [0.2, 0.25) is 0 Å². The zero-order valence-electron chi connectivity index (χ0n) is 43.4. The number of hydrogen-bond donors (Lipinski definition) is 1. The van der Waals surface area contributed by atoms with Crippen LogP contribution in [0.4, 0.5) is 0 Å². The van der Waals surface area contributed by atoms with Crippen LogP contribution in [-0.2, 0) is 42.7 Å². The Balaban J connectivity index is 0.00000596. The standard InChI is InChI=1S/C65H62N5O.Pt/c1-62(2,3)42-29-30-53(49(36-42)39-21-14-13-15-22-39)70-54-28-20-26-45(57(54)67-61(70)50-37-44(64(7,8)9)38-51(59(50)71)65(10,11)12)40-33-41(35-43(34-40)63(4,5)6)56-58-55(31-32-66-56)69-52-27-19-18-24-47(52)46-23-16-17-25-48(46)60(69)68-58;/h13-32,34-38,71H,1-12H3;/q-1;. The molecule has 0 atom stereocenters. The van der Waals surface area contributed by atoms with Gasteiger partial charge in [-0.2, -0.15) is 0 Å². The number of rotatable bonds is 5. The van der Waals surface area contributed by atoms with E-state index in [0.29, 0.717) is 11.4 Å². The van der Waals surface area contributed by atoms with Crippen LogP contribution in [0.15, 0.2) is 152 Å². The summed E-state index contributed by atoms with van der Waals surface area (Å²) in [5.74, 6) is 0.914. The number of imidazole rings is 2. The van der Waals surface area contributed by atoms with Crippen molar-refractivity contribution in [2.24, 2.45) is 0 Å². The average Bonchev–Trinajstić information content (AvgIpc) is 3.93. The number of pyridine rings is 2. The molecule has 4 aromatic heterocycles. The topological polar surface area (TPSA) is 68.2 Å². The van der Waals surface area contributed by atoms with Crippen LogP contribution in [0.1, 0.15) is 105 Å². The van der Waals surface area contributed by atoms with Gasteiger partial charge in [0.2, 0.25) is 0 Å². The molecule has 6 nitrogen and oxygen atoms in total. The second kappa shape index (κ2) is 17.4. The van der Waals surface area contributed by atoms with Crippen molar-refractivity contribution < 1.29 is 26.2 Å². The first-order valence-corrected chi connectivity index (χ1v) is 24.9. The molecule has 0 spiro atoms. The molecule has 0 bridgehead atoms. The van der Waals surface area contributed by atoms with Gasteiger partial charge >= 0.3 is 0 Å². The third-order valence-electron chi connectivity index (χ3n) is 14.4. The van der Waals surface area contributed by atoms with Crippen LogP contribution >= 0.6 is 0 Å². The maximum absolute atomic E-state index is 12.7. The van der Waals surface area contributed by atoms with Crippen LogP contribution in [0, 0.1) is 6.07 Å². The van der Waals surface area contributed by atoms with Crippen molar-refractivity contribution in [3.05, 3.63) is 180 Å². The van der Waals surface area contributed by atoms with E-state index in [1.54, 1.807) is 0 Å². The van der Waals surface area contributed by atoms with E-state index in [1.807, 2.05) is 6.20 Å². The first kappa shape index (κ1) is 48.7. The van der Waals surface area contributed by atoms with E-state index in [9.17, 15) is 5.11 Å². The van der Waals surface area contributed by atoms with Gasteiger partial charge in [-0.25, -0.2) is 9.97 Å². The van der Waals surface area contributed by atoms with Crippen molar-refractivity contribution in [1.82, 2.24) is 23.9 Å². The van der Waals surface area contributed by atoms with Crippen molar-refractivity contribution in [1.29, 1.82) is 0 Å². The molecule has 11 aromatic rings. The molecule has 0 radical (unpaired) electrons. The Hall–Kier alpha value is -6.88. The van der Waals surface area contributed by atoms with Gasteiger partial charge in [-0.1, -0.05) is 191 Å². The molecule has 0 saturated carbocycles. The minimum absolute atomic E-state index is 0. The Morgan fingerprint density at radius 2 is 1.08 bits per heavy atom. The summed E-state index contributed by atoms with van der Waals surface area (Å²) < 4.78 is 4.57. The third-order valence-corrected chi connectivity index (χ3v) is 14.4. The second-order valence-corrected chi connectivity index (χ2v) is 23.5. The number of phenolic OH excluding ortho intramolecular Hbond substituents is 1. The number of fused-ring (bicyclic) bond motifs is 9. The molecule has 1 N–H and O–H groups in total. The molecule has 0 aliphatic heterocycles. The number of para-hydroxylation sites is 2. The zero-order valence-corrected chi connectivity index (χ0v) is 45.7. The van der Waals surface area contributed by atoms with Crippen molar-refractivity contribution in [2.45, 2.75) is 105 Å². The molecule has 0 unspecified atom stereocenters. The van der Waals surface area contributed by atoms with Crippen molar-refractivity contribution >= 4 is 49.4 Å². The number of nitrogens with zero attached hydrogens (tertiary/aromatic N) is 5. The Labute approximate surface area is 438 Å². The molecule has 364 valence electrons. The summed E-state index contributed by atoms with van der Waals surface area (Å²) >= 11 is 0.